The van der Waals surface area contributed by atoms with Crippen molar-refractivity contribution < 1.29 is 14.6 Å². The van der Waals surface area contributed by atoms with Crippen LogP contribution in [0.3, 0.4) is 0 Å². The van der Waals surface area contributed by atoms with E-state index >= 15 is 0 Å². The van der Waals surface area contributed by atoms with E-state index in [2.05, 4.69) is 0 Å². The van der Waals surface area contributed by atoms with Crippen molar-refractivity contribution in [1.29, 1.82) is 0 Å². The van der Waals surface area contributed by atoms with Crippen LogP contribution in [0, 0.1) is 5.41 Å². The zero-order valence-corrected chi connectivity index (χ0v) is 14.2. The van der Waals surface area contributed by atoms with Crippen LogP contribution in [-0.2, 0) is 4.74 Å². The van der Waals surface area contributed by atoms with Gasteiger partial charge >= 0.3 is 6.09 Å². The van der Waals surface area contributed by atoms with Gasteiger partial charge in [0.2, 0.25) is 0 Å². The largest absolute Gasteiger partial charge is 0.444 e. The fourth-order valence-corrected chi connectivity index (χ4v) is 2.78. The lowest BCUT2D eigenvalue weighted by atomic mass is 9.72. The summed E-state index contributed by atoms with van der Waals surface area (Å²) in [6, 6.07) is 0.0649. The van der Waals surface area contributed by atoms with Crippen LogP contribution >= 0.6 is 0 Å². The van der Waals surface area contributed by atoms with Gasteiger partial charge in [0.05, 0.1) is 6.10 Å². The topological polar surface area (TPSA) is 75.8 Å². The number of aliphatic hydroxyl groups excluding tert-OH is 1. The molecule has 0 spiro atoms. The Kier molecular flexibility index (Phi) is 6.05. The number of ether oxygens (including phenoxy) is 1. The van der Waals surface area contributed by atoms with Gasteiger partial charge in [0.15, 0.2) is 0 Å². The minimum absolute atomic E-state index is 0.0649. The Hall–Kier alpha value is -0.810. The van der Waals surface area contributed by atoms with E-state index < -0.39 is 5.60 Å². The quantitative estimate of drug-likeness (QED) is 0.836. The van der Waals surface area contributed by atoms with Crippen molar-refractivity contribution in [2.75, 3.05) is 13.1 Å². The highest BCUT2D eigenvalue weighted by molar-refractivity contribution is 5.68. The third-order valence-electron chi connectivity index (χ3n) is 4.21. The van der Waals surface area contributed by atoms with Crippen LogP contribution in [0.1, 0.15) is 60.3 Å². The lowest BCUT2D eigenvalue weighted by Crippen LogP contribution is -2.50. The van der Waals surface area contributed by atoms with Crippen molar-refractivity contribution in [1.82, 2.24) is 4.90 Å². The first-order valence-electron chi connectivity index (χ1n) is 7.96. The summed E-state index contributed by atoms with van der Waals surface area (Å²) in [5.74, 6) is 0. The fourth-order valence-electron chi connectivity index (χ4n) is 2.78. The van der Waals surface area contributed by atoms with Gasteiger partial charge in [-0.1, -0.05) is 0 Å². The molecular weight excluding hydrogens is 268 g/mol. The highest BCUT2D eigenvalue weighted by Crippen LogP contribution is 2.37. The molecule has 21 heavy (non-hydrogen) atoms. The third-order valence-corrected chi connectivity index (χ3v) is 4.21. The summed E-state index contributed by atoms with van der Waals surface area (Å²) in [6.07, 6.45) is 2.73. The number of amides is 1. The first-order valence-corrected chi connectivity index (χ1v) is 7.96. The van der Waals surface area contributed by atoms with Gasteiger partial charge < -0.3 is 20.5 Å². The minimum Gasteiger partial charge on any atom is -0.444 e. The molecule has 0 aromatic carbocycles. The molecule has 0 aromatic heterocycles. The molecule has 0 aromatic rings. The van der Waals surface area contributed by atoms with Gasteiger partial charge in [0.25, 0.3) is 0 Å². The zero-order valence-electron chi connectivity index (χ0n) is 14.2. The Morgan fingerprint density at radius 3 is 2.29 bits per heavy atom. The third kappa shape index (κ3) is 5.47. The van der Waals surface area contributed by atoms with Crippen molar-refractivity contribution in [3.8, 4) is 0 Å². The van der Waals surface area contributed by atoms with Gasteiger partial charge in [0, 0.05) is 18.0 Å². The van der Waals surface area contributed by atoms with E-state index in [1.807, 2.05) is 34.6 Å². The van der Waals surface area contributed by atoms with Crippen LogP contribution in [-0.4, -0.2) is 46.9 Å². The highest BCUT2D eigenvalue weighted by atomic mass is 16.6. The van der Waals surface area contributed by atoms with E-state index in [1.165, 1.54) is 0 Å². The first kappa shape index (κ1) is 18.2. The molecule has 0 bridgehead atoms. The van der Waals surface area contributed by atoms with Gasteiger partial charge in [-0.15, -0.1) is 0 Å². The Morgan fingerprint density at radius 2 is 1.90 bits per heavy atom. The van der Waals surface area contributed by atoms with E-state index in [0.29, 0.717) is 13.1 Å². The molecule has 1 amide bonds. The smallest absolute Gasteiger partial charge is 0.410 e. The molecule has 5 heteroatoms. The zero-order chi connectivity index (χ0) is 16.3. The summed E-state index contributed by atoms with van der Waals surface area (Å²) in [5, 5.41) is 9.70. The number of nitrogens with two attached hydrogens (primary N) is 1. The summed E-state index contributed by atoms with van der Waals surface area (Å²) in [7, 11) is 0. The predicted molar refractivity (Wildman–Crippen MR) is 84.0 cm³/mol. The highest BCUT2D eigenvalue weighted by Gasteiger charge is 2.38. The number of hydrogen-bond acceptors (Lipinski definition) is 4. The normalized spacial score (nSPS) is 26.8. The van der Waals surface area contributed by atoms with Crippen molar-refractivity contribution in [3.05, 3.63) is 0 Å². The Balaban J connectivity index is 2.79. The molecule has 0 atom stereocenters. The van der Waals surface area contributed by atoms with E-state index in [4.69, 9.17) is 10.5 Å². The summed E-state index contributed by atoms with van der Waals surface area (Å²) < 4.78 is 5.51. The molecule has 124 valence electrons. The molecule has 3 N–H and O–H groups in total. The van der Waals surface area contributed by atoms with Crippen molar-refractivity contribution in [3.63, 3.8) is 0 Å². The molecular formula is C16H32N2O3. The number of aliphatic hydroxyl groups is 1. The molecule has 5 nitrogen and oxygen atoms in total. The maximum atomic E-state index is 12.4. The van der Waals surface area contributed by atoms with E-state index in [0.717, 1.165) is 25.7 Å². The molecule has 0 heterocycles. The average Bonchev–Trinajstić information content (AvgIpc) is 2.36. The Labute approximate surface area is 128 Å². The van der Waals surface area contributed by atoms with E-state index in [9.17, 15) is 9.90 Å². The van der Waals surface area contributed by atoms with E-state index in [1.54, 1.807) is 4.90 Å². The molecule has 0 saturated heterocycles. The maximum Gasteiger partial charge on any atom is 0.410 e. The minimum atomic E-state index is -0.497. The number of rotatable bonds is 4. The maximum absolute atomic E-state index is 12.4. The second kappa shape index (κ2) is 6.97. The van der Waals surface area contributed by atoms with Gasteiger partial charge in [-0.25, -0.2) is 4.79 Å². The first-order chi connectivity index (χ1) is 9.58. The van der Waals surface area contributed by atoms with E-state index in [-0.39, 0.29) is 23.7 Å². The van der Waals surface area contributed by atoms with Crippen molar-refractivity contribution in [2.24, 2.45) is 11.1 Å². The summed E-state index contributed by atoms with van der Waals surface area (Å²) in [6.45, 7) is 10.7. The van der Waals surface area contributed by atoms with Gasteiger partial charge in [-0.05, 0) is 66.8 Å². The Bertz CT molecular complexity index is 342. The molecule has 0 unspecified atom stereocenters. The van der Waals surface area contributed by atoms with Gasteiger partial charge in [0.1, 0.15) is 5.60 Å². The SMILES string of the molecule is CC(C)N(CC1(CN)CCC(O)CC1)C(=O)OC(C)(C)C. The standard InChI is InChI=1S/C16H32N2O3/c1-12(2)18(14(20)21-15(3,4)5)11-16(10-17)8-6-13(19)7-9-16/h12-13,19H,6-11,17H2,1-5H3. The van der Waals surface area contributed by atoms with Crippen LogP contribution < -0.4 is 5.73 Å². The van der Waals surface area contributed by atoms with Gasteiger partial charge in [-0.3, -0.25) is 0 Å². The molecule has 0 radical (unpaired) electrons. The second-order valence-electron chi connectivity index (χ2n) is 7.64. The van der Waals surface area contributed by atoms with Crippen LogP contribution in [0.2, 0.25) is 0 Å². The molecule has 1 fully saturated rings. The number of hydrogen-bond donors (Lipinski definition) is 2. The van der Waals surface area contributed by atoms with Gasteiger partial charge in [-0.2, -0.15) is 0 Å². The predicted octanol–water partition coefficient (Wildman–Crippen LogP) is 2.51. The molecule has 1 rings (SSSR count). The average molecular weight is 300 g/mol. The fraction of sp³-hybridized carbons (Fsp3) is 0.938. The van der Waals surface area contributed by atoms with Crippen LogP contribution in [0.15, 0.2) is 0 Å². The summed E-state index contributed by atoms with van der Waals surface area (Å²) in [5.41, 5.74) is 5.41. The Morgan fingerprint density at radius 1 is 1.38 bits per heavy atom. The summed E-state index contributed by atoms with van der Waals surface area (Å²) in [4.78, 5) is 14.2. The number of nitrogens with zero attached hydrogens (tertiary/aromatic N) is 1. The number of carbonyl (C=O) groups is 1. The lowest BCUT2D eigenvalue weighted by molar-refractivity contribution is -0.00369. The van der Waals surface area contributed by atoms with Crippen LogP contribution in [0.25, 0.3) is 0 Å². The molecule has 0 aliphatic heterocycles. The molecule has 1 aliphatic rings. The number of carbonyl (C=O) groups excluding carboxylic acids is 1. The lowest BCUT2D eigenvalue weighted by Gasteiger charge is -2.43. The monoisotopic (exact) mass is 300 g/mol. The van der Waals surface area contributed by atoms with Crippen molar-refractivity contribution >= 4 is 6.09 Å². The summed E-state index contributed by atoms with van der Waals surface area (Å²) >= 11 is 0. The second-order valence-corrected chi connectivity index (χ2v) is 7.64. The molecule has 1 aliphatic carbocycles. The van der Waals surface area contributed by atoms with Crippen LogP contribution in [0.4, 0.5) is 4.79 Å². The van der Waals surface area contributed by atoms with Crippen LogP contribution in [0.5, 0.6) is 0 Å². The molecule has 1 saturated carbocycles. The van der Waals surface area contributed by atoms with Crippen molar-refractivity contribution in [2.45, 2.75) is 78.0 Å².